The van der Waals surface area contributed by atoms with Gasteiger partial charge < -0.3 is 4.42 Å². The molecule has 3 aromatic rings. The van der Waals surface area contributed by atoms with E-state index in [1.165, 1.54) is 5.56 Å². The van der Waals surface area contributed by atoms with E-state index < -0.39 is 0 Å². The molecule has 2 aromatic heterocycles. The number of halogens is 1. The number of aryl methyl sites for hydroxylation is 1. The van der Waals surface area contributed by atoms with Crippen LogP contribution >= 0.6 is 15.9 Å². The minimum Gasteiger partial charge on any atom is -0.431 e. The molecule has 0 aliphatic rings. The Labute approximate surface area is 95.0 Å². The van der Waals surface area contributed by atoms with E-state index in [0.29, 0.717) is 5.71 Å². The lowest BCUT2D eigenvalue weighted by Crippen LogP contribution is -1.80. The molecule has 0 saturated carbocycles. The number of furan rings is 1. The van der Waals surface area contributed by atoms with Crippen molar-refractivity contribution in [2.24, 2.45) is 0 Å². The third-order valence-electron chi connectivity index (χ3n) is 2.43. The Kier molecular flexibility index (Phi) is 1.83. The van der Waals surface area contributed by atoms with Crippen LogP contribution in [0, 0.1) is 6.92 Å². The van der Waals surface area contributed by atoms with Crippen molar-refractivity contribution in [3.8, 4) is 0 Å². The van der Waals surface area contributed by atoms with Gasteiger partial charge in [-0.3, -0.25) is 0 Å². The van der Waals surface area contributed by atoms with E-state index in [1.54, 1.807) is 0 Å². The van der Waals surface area contributed by atoms with Gasteiger partial charge in [-0.2, -0.15) is 0 Å². The van der Waals surface area contributed by atoms with Crippen LogP contribution in [0.5, 0.6) is 0 Å². The Bertz CT molecular complexity index is 657. The highest BCUT2D eigenvalue weighted by Gasteiger charge is 2.04. The Morgan fingerprint density at radius 2 is 2.00 bits per heavy atom. The van der Waals surface area contributed by atoms with E-state index in [4.69, 9.17) is 4.42 Å². The first-order valence-corrected chi connectivity index (χ1v) is 5.48. The number of benzene rings is 1. The maximum atomic E-state index is 5.42. The number of rotatable bonds is 0. The number of hydrogen-bond donors (Lipinski definition) is 0. The van der Waals surface area contributed by atoms with Crippen molar-refractivity contribution in [3.63, 3.8) is 0 Å². The largest absolute Gasteiger partial charge is 0.431 e. The summed E-state index contributed by atoms with van der Waals surface area (Å²) in [6.45, 7) is 2.06. The van der Waals surface area contributed by atoms with Crippen LogP contribution in [0.1, 0.15) is 5.56 Å². The van der Waals surface area contributed by atoms with Gasteiger partial charge in [0.2, 0.25) is 5.71 Å². The van der Waals surface area contributed by atoms with E-state index >= 15 is 0 Å². The number of fused-ring (bicyclic) bond motifs is 2. The lowest BCUT2D eigenvalue weighted by atomic mass is 10.1. The normalized spacial score (nSPS) is 11.3. The summed E-state index contributed by atoms with van der Waals surface area (Å²) < 4.78 is 6.14. The lowest BCUT2D eigenvalue weighted by molar-refractivity contribution is 0.577. The van der Waals surface area contributed by atoms with Gasteiger partial charge >= 0.3 is 0 Å². The van der Waals surface area contributed by atoms with E-state index in [-0.39, 0.29) is 0 Å². The summed E-state index contributed by atoms with van der Waals surface area (Å²) in [5.41, 5.74) is 2.87. The van der Waals surface area contributed by atoms with Crippen molar-refractivity contribution < 1.29 is 4.42 Å². The third-order valence-corrected chi connectivity index (χ3v) is 2.82. The maximum Gasteiger partial charge on any atom is 0.228 e. The average molecular weight is 262 g/mol. The van der Waals surface area contributed by atoms with Gasteiger partial charge in [0.05, 0.1) is 5.52 Å². The van der Waals surface area contributed by atoms with Crippen LogP contribution in [-0.4, -0.2) is 4.98 Å². The summed E-state index contributed by atoms with van der Waals surface area (Å²) in [7, 11) is 0. The van der Waals surface area contributed by atoms with Gasteiger partial charge in [0, 0.05) is 16.8 Å². The van der Waals surface area contributed by atoms with Gasteiger partial charge in [-0.15, -0.1) is 0 Å². The molecule has 0 unspecified atom stereocenters. The smallest absolute Gasteiger partial charge is 0.228 e. The van der Waals surface area contributed by atoms with E-state index in [9.17, 15) is 0 Å². The molecular weight excluding hydrogens is 254 g/mol. The Hall–Kier alpha value is -1.35. The van der Waals surface area contributed by atoms with Gasteiger partial charge in [-0.05, 0) is 40.5 Å². The van der Waals surface area contributed by atoms with Crippen molar-refractivity contribution >= 4 is 37.9 Å². The fourth-order valence-electron chi connectivity index (χ4n) is 1.71. The standard InChI is InChI=1S/C12H8BrNO/c1-7-2-3-8-5-9-6-11(13)15-12(9)14-10(8)4-7/h2-6H,1H3. The SMILES string of the molecule is Cc1ccc2cc3cc(Br)oc3nc2c1. The average Bonchev–Trinajstić information content (AvgIpc) is 2.53. The molecule has 0 radical (unpaired) electrons. The highest BCUT2D eigenvalue weighted by atomic mass is 79.9. The molecule has 3 rings (SSSR count). The Morgan fingerprint density at radius 1 is 1.13 bits per heavy atom. The second kappa shape index (κ2) is 3.07. The highest BCUT2D eigenvalue weighted by molar-refractivity contribution is 9.10. The molecule has 2 nitrogen and oxygen atoms in total. The molecule has 0 aliphatic carbocycles. The van der Waals surface area contributed by atoms with Crippen molar-refractivity contribution in [2.45, 2.75) is 6.92 Å². The molecular formula is C12H8BrNO. The topological polar surface area (TPSA) is 26.0 Å². The molecule has 1 aromatic carbocycles. The number of aromatic nitrogens is 1. The fraction of sp³-hybridized carbons (Fsp3) is 0.0833. The molecule has 74 valence electrons. The predicted molar refractivity (Wildman–Crippen MR) is 64.0 cm³/mol. The highest BCUT2D eigenvalue weighted by Crippen LogP contribution is 2.25. The van der Waals surface area contributed by atoms with Crippen LogP contribution in [-0.2, 0) is 0 Å². The first-order chi connectivity index (χ1) is 7.22. The van der Waals surface area contributed by atoms with Gasteiger partial charge in [-0.1, -0.05) is 12.1 Å². The van der Waals surface area contributed by atoms with Crippen molar-refractivity contribution in [1.82, 2.24) is 4.98 Å². The fourth-order valence-corrected chi connectivity index (χ4v) is 2.10. The maximum absolute atomic E-state index is 5.42. The Balaban J connectivity index is 2.46. The first kappa shape index (κ1) is 8.92. The van der Waals surface area contributed by atoms with Gasteiger partial charge in [0.25, 0.3) is 0 Å². The molecule has 0 fully saturated rings. The molecule has 0 spiro atoms. The van der Waals surface area contributed by atoms with E-state index in [0.717, 1.165) is 21.0 Å². The second-order valence-corrected chi connectivity index (χ2v) is 4.41. The molecule has 15 heavy (non-hydrogen) atoms. The molecule has 0 atom stereocenters. The van der Waals surface area contributed by atoms with Crippen molar-refractivity contribution in [2.75, 3.05) is 0 Å². The summed E-state index contributed by atoms with van der Waals surface area (Å²) in [5.74, 6) is 0. The van der Waals surface area contributed by atoms with Crippen LogP contribution in [0.25, 0.3) is 22.0 Å². The van der Waals surface area contributed by atoms with Gasteiger partial charge in [0.1, 0.15) is 0 Å². The predicted octanol–water partition coefficient (Wildman–Crippen LogP) is 4.05. The minimum absolute atomic E-state index is 0.681. The van der Waals surface area contributed by atoms with Crippen LogP contribution < -0.4 is 0 Å². The minimum atomic E-state index is 0.681. The zero-order chi connectivity index (χ0) is 10.4. The molecule has 0 amide bonds. The monoisotopic (exact) mass is 261 g/mol. The molecule has 2 heterocycles. The van der Waals surface area contributed by atoms with E-state index in [1.807, 2.05) is 6.07 Å². The zero-order valence-electron chi connectivity index (χ0n) is 8.12. The lowest BCUT2D eigenvalue weighted by Gasteiger charge is -1.97. The van der Waals surface area contributed by atoms with Gasteiger partial charge in [-0.25, -0.2) is 4.98 Å². The summed E-state index contributed by atoms with van der Waals surface area (Å²) >= 11 is 3.30. The number of nitrogens with zero attached hydrogens (tertiary/aromatic N) is 1. The quantitative estimate of drug-likeness (QED) is 0.610. The summed E-state index contributed by atoms with van der Waals surface area (Å²) in [6, 6.07) is 10.3. The second-order valence-electron chi connectivity index (χ2n) is 3.63. The summed E-state index contributed by atoms with van der Waals surface area (Å²) in [6.07, 6.45) is 0. The summed E-state index contributed by atoms with van der Waals surface area (Å²) in [4.78, 5) is 4.46. The van der Waals surface area contributed by atoms with Crippen LogP contribution in [0.4, 0.5) is 0 Å². The molecule has 3 heteroatoms. The van der Waals surface area contributed by atoms with Crippen molar-refractivity contribution in [3.05, 3.63) is 40.6 Å². The van der Waals surface area contributed by atoms with Gasteiger partial charge in [0.15, 0.2) is 4.67 Å². The molecule has 0 saturated heterocycles. The Morgan fingerprint density at radius 3 is 2.87 bits per heavy atom. The molecule has 0 aliphatic heterocycles. The summed E-state index contributed by atoms with van der Waals surface area (Å²) in [5, 5.41) is 2.17. The third kappa shape index (κ3) is 1.43. The van der Waals surface area contributed by atoms with Crippen LogP contribution in [0.2, 0.25) is 0 Å². The van der Waals surface area contributed by atoms with Crippen LogP contribution in [0.15, 0.2) is 39.4 Å². The number of hydrogen-bond acceptors (Lipinski definition) is 2. The zero-order valence-corrected chi connectivity index (χ0v) is 9.71. The first-order valence-electron chi connectivity index (χ1n) is 4.69. The van der Waals surface area contributed by atoms with E-state index in [2.05, 4.69) is 52.1 Å². The van der Waals surface area contributed by atoms with Crippen molar-refractivity contribution in [1.29, 1.82) is 0 Å². The molecule has 0 N–H and O–H groups in total. The number of pyridine rings is 1. The van der Waals surface area contributed by atoms with Crippen LogP contribution in [0.3, 0.4) is 0 Å². The molecule has 0 bridgehead atoms.